The molecule has 2 aromatic heterocycles. The van der Waals surface area contributed by atoms with Crippen LogP contribution in [0.15, 0.2) is 73.1 Å². The van der Waals surface area contributed by atoms with Crippen LogP contribution in [0.25, 0.3) is 11.0 Å². The van der Waals surface area contributed by atoms with Crippen molar-refractivity contribution in [1.82, 2.24) is 9.97 Å². The molecule has 3 heterocycles. The second kappa shape index (κ2) is 7.31. The van der Waals surface area contributed by atoms with E-state index >= 15 is 0 Å². The van der Waals surface area contributed by atoms with Gasteiger partial charge in [0.25, 0.3) is 0 Å². The number of para-hydroxylation sites is 1. The Morgan fingerprint density at radius 1 is 1.10 bits per heavy atom. The number of pyridine rings is 1. The maximum Gasteiger partial charge on any atom is 0.323 e. The summed E-state index contributed by atoms with van der Waals surface area (Å²) in [5, 5.41) is 6.49. The van der Waals surface area contributed by atoms with Gasteiger partial charge in [-0.2, -0.15) is 0 Å². The van der Waals surface area contributed by atoms with Crippen LogP contribution in [0.1, 0.15) is 13.9 Å². The molecule has 3 N–H and O–H groups in total. The van der Waals surface area contributed by atoms with E-state index in [0.717, 1.165) is 16.6 Å². The van der Waals surface area contributed by atoms with Gasteiger partial charge in [-0.15, -0.1) is 0 Å². The van der Waals surface area contributed by atoms with Crippen molar-refractivity contribution in [3.05, 3.63) is 84.2 Å². The summed E-state index contributed by atoms with van der Waals surface area (Å²) in [4.78, 5) is 21.6. The summed E-state index contributed by atoms with van der Waals surface area (Å²) < 4.78 is 17.8. The van der Waals surface area contributed by atoms with Crippen LogP contribution in [0, 0.1) is 0 Å². The number of carbonyl (C=O) groups excluding carboxylic acids is 1. The number of urea groups is 1. The van der Waals surface area contributed by atoms with E-state index in [0.29, 0.717) is 35.6 Å². The van der Waals surface area contributed by atoms with Gasteiger partial charge in [-0.1, -0.05) is 24.3 Å². The first-order chi connectivity index (χ1) is 15.0. The molecule has 0 saturated carbocycles. The van der Waals surface area contributed by atoms with E-state index in [4.69, 9.17) is 2.74 Å². The molecule has 0 bridgehead atoms. The third kappa shape index (κ3) is 3.40. The lowest BCUT2D eigenvalue weighted by molar-refractivity contribution is 0.262. The number of nitrogens with zero attached hydrogens (tertiary/aromatic N) is 2. The topological polar surface area (TPSA) is 73.0 Å². The van der Waals surface area contributed by atoms with Gasteiger partial charge in [0, 0.05) is 53.4 Å². The molecule has 5 rings (SSSR count). The Morgan fingerprint density at radius 2 is 2.00 bits per heavy atom. The SMILES string of the molecule is [2H]C([2H])(c1c[nH]c2ncccc12)N1CCc2c(NC(=O)Nc3ccccc3)cccc21. The number of H-pyrrole nitrogens is 1. The summed E-state index contributed by atoms with van der Waals surface area (Å²) >= 11 is 0. The van der Waals surface area contributed by atoms with E-state index in [1.165, 1.54) is 0 Å². The molecule has 2 aromatic carbocycles. The van der Waals surface area contributed by atoms with Crippen molar-refractivity contribution in [2.45, 2.75) is 12.9 Å². The molecule has 1 aliphatic rings. The molecule has 0 radical (unpaired) electrons. The van der Waals surface area contributed by atoms with E-state index in [-0.39, 0.29) is 6.03 Å². The normalized spacial score (nSPS) is 14.3. The van der Waals surface area contributed by atoms with Crippen LogP contribution in [-0.2, 0) is 12.9 Å². The third-order valence-electron chi connectivity index (χ3n) is 5.01. The molecular formula is C23H21N5O. The first-order valence-electron chi connectivity index (χ1n) is 10.5. The summed E-state index contributed by atoms with van der Waals surface area (Å²) in [5.41, 5.74) is 4.30. The van der Waals surface area contributed by atoms with Crippen molar-refractivity contribution >= 4 is 34.1 Å². The highest BCUT2D eigenvalue weighted by Crippen LogP contribution is 2.35. The smallest absolute Gasteiger partial charge is 0.323 e. The first-order valence-corrected chi connectivity index (χ1v) is 9.49. The van der Waals surface area contributed by atoms with Gasteiger partial charge in [0.05, 0.1) is 2.74 Å². The zero-order valence-electron chi connectivity index (χ0n) is 17.6. The van der Waals surface area contributed by atoms with Gasteiger partial charge in [0.2, 0.25) is 0 Å². The van der Waals surface area contributed by atoms with Gasteiger partial charge in [0.15, 0.2) is 0 Å². The summed E-state index contributed by atoms with van der Waals surface area (Å²) in [6.07, 6.45) is 4.00. The Balaban J connectivity index is 1.43. The van der Waals surface area contributed by atoms with Gasteiger partial charge in [-0.25, -0.2) is 9.78 Å². The quantitative estimate of drug-likeness (QED) is 0.474. The minimum atomic E-state index is -1.74. The minimum Gasteiger partial charge on any atom is -0.367 e. The Hall–Kier alpha value is -3.80. The molecular weight excluding hydrogens is 362 g/mol. The molecule has 144 valence electrons. The lowest BCUT2D eigenvalue weighted by Crippen LogP contribution is -2.20. The highest BCUT2D eigenvalue weighted by molar-refractivity contribution is 6.00. The number of anilines is 3. The van der Waals surface area contributed by atoms with E-state index in [2.05, 4.69) is 20.6 Å². The van der Waals surface area contributed by atoms with Crippen molar-refractivity contribution in [1.29, 1.82) is 0 Å². The Kier molecular flexibility index (Phi) is 3.82. The zero-order valence-corrected chi connectivity index (χ0v) is 15.6. The van der Waals surface area contributed by atoms with Crippen molar-refractivity contribution in [2.75, 3.05) is 22.1 Å². The Morgan fingerprint density at radius 3 is 2.90 bits per heavy atom. The van der Waals surface area contributed by atoms with E-state index < -0.39 is 6.50 Å². The number of aromatic nitrogens is 2. The van der Waals surface area contributed by atoms with Crippen molar-refractivity contribution in [3.63, 3.8) is 0 Å². The van der Waals surface area contributed by atoms with Gasteiger partial charge in [0.1, 0.15) is 5.65 Å². The number of benzene rings is 2. The fraction of sp³-hybridized carbons (Fsp3) is 0.130. The molecule has 2 amide bonds. The number of hydrogen-bond acceptors (Lipinski definition) is 3. The monoisotopic (exact) mass is 385 g/mol. The number of aromatic amines is 1. The Bertz CT molecular complexity index is 1260. The molecule has 0 spiro atoms. The largest absolute Gasteiger partial charge is 0.367 e. The van der Waals surface area contributed by atoms with Crippen LogP contribution in [0.3, 0.4) is 0 Å². The molecule has 0 saturated heterocycles. The van der Waals surface area contributed by atoms with Crippen molar-refractivity contribution in [3.8, 4) is 0 Å². The standard InChI is InChI=1S/C23H21N5O/c29-23(26-17-6-2-1-3-7-17)27-20-9-4-10-21-19(20)11-13-28(21)15-16-14-25-22-18(16)8-5-12-24-22/h1-10,12,14H,11,13,15H2,(H,24,25)(H2,26,27,29)/i15D2. The molecule has 29 heavy (non-hydrogen) atoms. The fourth-order valence-corrected chi connectivity index (χ4v) is 3.67. The lowest BCUT2D eigenvalue weighted by atomic mass is 10.1. The number of hydrogen-bond donors (Lipinski definition) is 3. The average Bonchev–Trinajstić information content (AvgIpc) is 3.40. The molecule has 1 aliphatic heterocycles. The number of carbonyl (C=O) groups is 1. The van der Waals surface area contributed by atoms with Crippen LogP contribution in [0.4, 0.5) is 21.9 Å². The van der Waals surface area contributed by atoms with Crippen molar-refractivity contribution < 1.29 is 7.54 Å². The highest BCUT2D eigenvalue weighted by atomic mass is 16.2. The fourth-order valence-electron chi connectivity index (χ4n) is 3.67. The number of nitrogens with one attached hydrogen (secondary N) is 3. The van der Waals surface area contributed by atoms with Gasteiger partial charge >= 0.3 is 6.03 Å². The molecule has 6 heteroatoms. The summed E-state index contributed by atoms with van der Waals surface area (Å²) in [5.74, 6) is 0. The molecule has 0 aliphatic carbocycles. The van der Waals surface area contributed by atoms with E-state index in [9.17, 15) is 4.79 Å². The average molecular weight is 385 g/mol. The van der Waals surface area contributed by atoms with E-state index in [1.54, 1.807) is 23.4 Å². The number of amides is 2. The number of rotatable bonds is 4. The maximum absolute atomic E-state index is 12.5. The molecule has 0 unspecified atom stereocenters. The molecule has 0 atom stereocenters. The second-order valence-corrected chi connectivity index (χ2v) is 6.86. The van der Waals surface area contributed by atoms with Gasteiger partial charge < -0.3 is 20.5 Å². The van der Waals surface area contributed by atoms with Gasteiger partial charge in [-0.05, 0) is 48.4 Å². The van der Waals surface area contributed by atoms with E-state index in [1.807, 2.05) is 54.6 Å². The third-order valence-corrected chi connectivity index (χ3v) is 5.01. The lowest BCUT2D eigenvalue weighted by Gasteiger charge is -2.19. The van der Waals surface area contributed by atoms with Crippen molar-refractivity contribution in [2.24, 2.45) is 0 Å². The molecule has 0 fully saturated rings. The highest BCUT2D eigenvalue weighted by Gasteiger charge is 2.23. The maximum atomic E-state index is 12.5. The summed E-state index contributed by atoms with van der Waals surface area (Å²) in [6.45, 7) is -1.23. The van der Waals surface area contributed by atoms with Crippen LogP contribution in [-0.4, -0.2) is 22.5 Å². The van der Waals surface area contributed by atoms with Crippen LogP contribution >= 0.6 is 0 Å². The minimum absolute atomic E-state index is 0.330. The second-order valence-electron chi connectivity index (χ2n) is 6.86. The summed E-state index contributed by atoms with van der Waals surface area (Å²) in [6, 6.07) is 18.2. The number of fused-ring (bicyclic) bond motifs is 2. The first kappa shape index (κ1) is 15.2. The van der Waals surface area contributed by atoms with Crippen LogP contribution < -0.4 is 15.5 Å². The molecule has 6 nitrogen and oxygen atoms in total. The van der Waals surface area contributed by atoms with Crippen LogP contribution in [0.5, 0.6) is 0 Å². The van der Waals surface area contributed by atoms with Gasteiger partial charge in [-0.3, -0.25) is 0 Å². The predicted molar refractivity (Wildman–Crippen MR) is 116 cm³/mol. The Labute approximate surface area is 171 Å². The summed E-state index contributed by atoms with van der Waals surface area (Å²) in [7, 11) is 0. The van der Waals surface area contributed by atoms with Crippen LogP contribution in [0.2, 0.25) is 0 Å². The molecule has 4 aromatic rings. The zero-order chi connectivity index (χ0) is 21.4. The predicted octanol–water partition coefficient (Wildman–Crippen LogP) is 4.77.